The Hall–Kier alpha value is -2.78. The summed E-state index contributed by atoms with van der Waals surface area (Å²) < 4.78 is 0.905. The first-order valence-electron chi connectivity index (χ1n) is 10.4. The smallest absolute Gasteiger partial charge is 0.305 e. The van der Waals surface area contributed by atoms with E-state index in [9.17, 15) is 9.59 Å². The normalized spacial score (nSPS) is 16.0. The molecule has 1 aliphatic rings. The van der Waals surface area contributed by atoms with Gasteiger partial charge in [-0.05, 0) is 48.9 Å². The van der Waals surface area contributed by atoms with Crippen LogP contribution in [-0.4, -0.2) is 27.4 Å². The lowest BCUT2D eigenvalue weighted by molar-refractivity contribution is -0.125. The number of nitrogens with one attached hydrogen (secondary N) is 3. The third-order valence-corrected chi connectivity index (χ3v) is 7.59. The number of carbonyl (C=O) groups is 1. The molecular formula is C22H23N5O2S2. The maximum Gasteiger partial charge on any atom is 0.305 e. The summed E-state index contributed by atoms with van der Waals surface area (Å²) in [4.78, 5) is 38.1. The fourth-order valence-corrected chi connectivity index (χ4v) is 6.08. The highest BCUT2D eigenvalue weighted by molar-refractivity contribution is 7.19. The van der Waals surface area contributed by atoms with Gasteiger partial charge in [-0.2, -0.15) is 0 Å². The van der Waals surface area contributed by atoms with Crippen LogP contribution in [0.3, 0.4) is 0 Å². The molecule has 4 aromatic rings. The van der Waals surface area contributed by atoms with Gasteiger partial charge in [0.2, 0.25) is 5.91 Å². The van der Waals surface area contributed by atoms with Gasteiger partial charge < -0.3 is 15.6 Å². The summed E-state index contributed by atoms with van der Waals surface area (Å²) in [5, 5.41) is 7.54. The largest absolute Gasteiger partial charge is 0.356 e. The third-order valence-electron chi connectivity index (χ3n) is 5.58. The summed E-state index contributed by atoms with van der Waals surface area (Å²) >= 11 is 2.85. The standard InChI is InChI=1S/C22H23N5O2S2/c1-11(2)9-23-20(28)12-3-5-14-16(7-12)30-21-18(14)19(24-10-25-21)26-13-4-6-15-17(8-13)31-22(29)27-15/h4,6,8,10-12H,3,5,7,9H2,1-2H3,(H,23,28)(H,27,29)(H,24,25,26)/t12-/m1/s1. The lowest BCUT2D eigenvalue weighted by Crippen LogP contribution is -2.35. The van der Waals surface area contributed by atoms with Crippen LogP contribution in [0.1, 0.15) is 30.7 Å². The van der Waals surface area contributed by atoms with E-state index in [-0.39, 0.29) is 16.7 Å². The molecular weight excluding hydrogens is 430 g/mol. The van der Waals surface area contributed by atoms with Gasteiger partial charge in [-0.15, -0.1) is 11.3 Å². The number of aromatic amines is 1. The zero-order valence-corrected chi connectivity index (χ0v) is 19.0. The Morgan fingerprint density at radius 1 is 1.29 bits per heavy atom. The summed E-state index contributed by atoms with van der Waals surface area (Å²) in [6.45, 7) is 4.92. The van der Waals surface area contributed by atoms with Gasteiger partial charge in [-0.3, -0.25) is 9.59 Å². The van der Waals surface area contributed by atoms with Crippen LogP contribution >= 0.6 is 22.7 Å². The van der Waals surface area contributed by atoms with Crippen LogP contribution in [0.5, 0.6) is 0 Å². The molecule has 0 unspecified atom stereocenters. The number of thiazole rings is 1. The number of fused-ring (bicyclic) bond motifs is 4. The van der Waals surface area contributed by atoms with E-state index in [4.69, 9.17) is 0 Å². The number of aromatic nitrogens is 3. The molecule has 0 saturated carbocycles. The predicted molar refractivity (Wildman–Crippen MR) is 127 cm³/mol. The van der Waals surface area contributed by atoms with Crippen molar-refractivity contribution in [1.82, 2.24) is 20.3 Å². The maximum atomic E-state index is 12.6. The molecule has 160 valence electrons. The first kappa shape index (κ1) is 20.1. The van der Waals surface area contributed by atoms with Crippen molar-refractivity contribution in [2.45, 2.75) is 33.1 Å². The van der Waals surface area contributed by atoms with Gasteiger partial charge in [0.15, 0.2) is 0 Å². The number of thiophene rings is 1. The summed E-state index contributed by atoms with van der Waals surface area (Å²) in [6.07, 6.45) is 4.01. The molecule has 1 amide bonds. The van der Waals surface area contributed by atoms with Gasteiger partial charge in [0, 0.05) is 23.0 Å². The van der Waals surface area contributed by atoms with Crippen LogP contribution in [0.2, 0.25) is 0 Å². The molecule has 0 spiro atoms. The van der Waals surface area contributed by atoms with Crippen molar-refractivity contribution in [3.05, 3.63) is 44.6 Å². The van der Waals surface area contributed by atoms with Gasteiger partial charge in [-0.1, -0.05) is 25.2 Å². The zero-order chi connectivity index (χ0) is 21.5. The monoisotopic (exact) mass is 453 g/mol. The average molecular weight is 454 g/mol. The summed E-state index contributed by atoms with van der Waals surface area (Å²) in [5.74, 6) is 1.39. The number of amides is 1. The van der Waals surface area contributed by atoms with Crippen molar-refractivity contribution in [2.75, 3.05) is 11.9 Å². The Balaban J connectivity index is 1.43. The minimum atomic E-state index is -0.0598. The number of carbonyl (C=O) groups excluding carboxylic acids is 1. The molecule has 0 bridgehead atoms. The first-order valence-corrected chi connectivity index (χ1v) is 12.0. The van der Waals surface area contributed by atoms with E-state index in [1.165, 1.54) is 21.8 Å². The molecule has 3 N–H and O–H groups in total. The molecule has 0 saturated heterocycles. The van der Waals surface area contributed by atoms with Crippen molar-refractivity contribution < 1.29 is 4.79 Å². The number of hydrogen-bond acceptors (Lipinski definition) is 7. The number of rotatable bonds is 5. The van der Waals surface area contributed by atoms with E-state index < -0.39 is 0 Å². The number of H-pyrrole nitrogens is 1. The molecule has 9 heteroatoms. The third kappa shape index (κ3) is 3.95. The number of anilines is 2. The highest BCUT2D eigenvalue weighted by Gasteiger charge is 2.29. The van der Waals surface area contributed by atoms with E-state index in [0.717, 1.165) is 51.2 Å². The summed E-state index contributed by atoms with van der Waals surface area (Å²) in [7, 11) is 0. The summed E-state index contributed by atoms with van der Waals surface area (Å²) in [5.41, 5.74) is 2.97. The Bertz CT molecular complexity index is 1340. The fourth-order valence-electron chi connectivity index (χ4n) is 4.04. The predicted octanol–water partition coefficient (Wildman–Crippen LogP) is 4.22. The Labute approximate surface area is 186 Å². The van der Waals surface area contributed by atoms with E-state index in [0.29, 0.717) is 12.5 Å². The second-order valence-electron chi connectivity index (χ2n) is 8.34. The fraction of sp³-hybridized carbons (Fsp3) is 0.364. The SMILES string of the molecule is CC(C)CNC(=O)[C@@H]1CCc2c(sc3ncnc(Nc4ccc5[nH]c(=O)sc5c4)c23)C1. The lowest BCUT2D eigenvalue weighted by atomic mass is 9.87. The quantitative estimate of drug-likeness (QED) is 0.420. The van der Waals surface area contributed by atoms with Crippen LogP contribution in [-0.2, 0) is 17.6 Å². The van der Waals surface area contributed by atoms with Crippen LogP contribution in [0.4, 0.5) is 11.5 Å². The van der Waals surface area contributed by atoms with Crippen molar-refractivity contribution in [3.8, 4) is 0 Å². The number of nitrogens with zero attached hydrogens (tertiary/aromatic N) is 2. The molecule has 5 rings (SSSR count). The average Bonchev–Trinajstić information content (AvgIpc) is 3.30. The van der Waals surface area contributed by atoms with Crippen molar-refractivity contribution in [1.29, 1.82) is 0 Å². The Morgan fingerprint density at radius 2 is 2.16 bits per heavy atom. The Morgan fingerprint density at radius 3 is 3.00 bits per heavy atom. The molecule has 1 aliphatic carbocycles. The van der Waals surface area contributed by atoms with Gasteiger partial charge in [0.1, 0.15) is 17.0 Å². The Kier molecular flexibility index (Phi) is 5.23. The van der Waals surface area contributed by atoms with Crippen molar-refractivity contribution >= 4 is 60.5 Å². The topological polar surface area (TPSA) is 99.8 Å². The van der Waals surface area contributed by atoms with Gasteiger partial charge in [0.25, 0.3) is 0 Å². The van der Waals surface area contributed by atoms with Crippen LogP contribution < -0.4 is 15.5 Å². The summed E-state index contributed by atoms with van der Waals surface area (Å²) in [6, 6.07) is 5.80. The van der Waals surface area contributed by atoms with Gasteiger partial charge in [-0.25, -0.2) is 9.97 Å². The minimum absolute atomic E-state index is 0.0162. The second-order valence-corrected chi connectivity index (χ2v) is 10.4. The molecule has 3 aromatic heterocycles. The molecule has 3 heterocycles. The minimum Gasteiger partial charge on any atom is -0.356 e. The van der Waals surface area contributed by atoms with Crippen molar-refractivity contribution in [2.24, 2.45) is 11.8 Å². The number of benzene rings is 1. The number of hydrogen-bond donors (Lipinski definition) is 3. The van der Waals surface area contributed by atoms with E-state index in [2.05, 4.69) is 39.4 Å². The highest BCUT2D eigenvalue weighted by Crippen LogP contribution is 2.40. The lowest BCUT2D eigenvalue weighted by Gasteiger charge is -2.22. The zero-order valence-electron chi connectivity index (χ0n) is 17.3. The molecule has 0 fully saturated rings. The molecule has 1 atom stereocenters. The van der Waals surface area contributed by atoms with E-state index in [1.807, 2.05) is 18.2 Å². The van der Waals surface area contributed by atoms with E-state index >= 15 is 0 Å². The first-order chi connectivity index (χ1) is 15.0. The molecule has 1 aromatic carbocycles. The van der Waals surface area contributed by atoms with Crippen LogP contribution in [0.25, 0.3) is 20.4 Å². The maximum absolute atomic E-state index is 12.6. The van der Waals surface area contributed by atoms with Crippen molar-refractivity contribution in [3.63, 3.8) is 0 Å². The number of aryl methyl sites for hydroxylation is 1. The molecule has 31 heavy (non-hydrogen) atoms. The van der Waals surface area contributed by atoms with Crippen LogP contribution in [0.15, 0.2) is 29.3 Å². The second kappa shape index (κ2) is 8.05. The molecule has 0 aliphatic heterocycles. The van der Waals surface area contributed by atoms with Gasteiger partial charge in [0.05, 0.1) is 15.6 Å². The van der Waals surface area contributed by atoms with Gasteiger partial charge >= 0.3 is 4.87 Å². The van der Waals surface area contributed by atoms with Crippen LogP contribution in [0, 0.1) is 11.8 Å². The molecule has 7 nitrogen and oxygen atoms in total. The molecule has 0 radical (unpaired) electrons. The van der Waals surface area contributed by atoms with E-state index in [1.54, 1.807) is 17.7 Å². The highest BCUT2D eigenvalue weighted by atomic mass is 32.1.